The third-order valence-electron chi connectivity index (χ3n) is 1.20. The third-order valence-corrected chi connectivity index (χ3v) is 2.39. The van der Waals surface area contributed by atoms with E-state index in [0.717, 1.165) is 12.0 Å². The summed E-state index contributed by atoms with van der Waals surface area (Å²) in [5.41, 5.74) is 0. The molecule has 13 heavy (non-hydrogen) atoms. The molecule has 1 N–H and O–H groups in total. The highest BCUT2D eigenvalue weighted by Gasteiger charge is 2.00. The molecule has 0 spiro atoms. The summed E-state index contributed by atoms with van der Waals surface area (Å²) < 4.78 is 5.46. The van der Waals surface area contributed by atoms with Gasteiger partial charge in [-0.2, -0.15) is 0 Å². The number of hydrogen-bond donors (Lipinski definition) is 1. The molecule has 0 aromatic rings. The molecule has 0 radical (unpaired) electrons. The zero-order valence-electron chi connectivity index (χ0n) is 8.28. The van der Waals surface area contributed by atoms with Crippen molar-refractivity contribution in [2.24, 2.45) is 0 Å². The highest BCUT2D eigenvalue weighted by molar-refractivity contribution is 7.49. The summed E-state index contributed by atoms with van der Waals surface area (Å²) in [4.78, 5) is 10.0. The number of hydrogen-bond acceptors (Lipinski definition) is 3. The Morgan fingerprint density at radius 1 is 1.62 bits per heavy atom. The Labute approximate surface area is 80.7 Å². The molecule has 0 saturated heterocycles. The molecule has 0 amide bonds. The highest BCUT2D eigenvalue weighted by atomic mass is 31.2. The Morgan fingerprint density at radius 3 is 2.85 bits per heavy atom. The summed E-state index contributed by atoms with van der Waals surface area (Å²) in [6.45, 7) is 6.11. The number of allylic oxidation sites excluding steroid dienone is 4. The first-order valence-electron chi connectivity index (χ1n) is 4.09. The van der Waals surface area contributed by atoms with Crippen molar-refractivity contribution in [3.05, 3.63) is 24.0 Å². The van der Waals surface area contributed by atoms with E-state index in [9.17, 15) is 4.79 Å². The molecule has 3 nitrogen and oxygen atoms in total. The van der Waals surface area contributed by atoms with E-state index in [1.807, 2.05) is 38.7 Å². The van der Waals surface area contributed by atoms with Crippen LogP contribution in [0.3, 0.4) is 0 Å². The fourth-order valence-corrected chi connectivity index (χ4v) is 1.57. The summed E-state index contributed by atoms with van der Waals surface area (Å²) in [7, 11) is -0.726. The number of carbonyl (C=O) groups is 1. The molecule has 0 heterocycles. The van der Waals surface area contributed by atoms with Crippen LogP contribution in [0, 0.1) is 0 Å². The number of aldehydes is 1. The minimum Gasteiger partial charge on any atom is -0.463 e. The molecule has 0 aliphatic carbocycles. The Kier molecular flexibility index (Phi) is 7.56. The molecule has 1 atom stereocenters. The molecule has 74 valence electrons. The Bertz CT molecular complexity index is 202. The molecule has 4 heteroatoms. The van der Waals surface area contributed by atoms with Gasteiger partial charge in [0.1, 0.15) is 6.29 Å². The van der Waals surface area contributed by atoms with E-state index >= 15 is 0 Å². The van der Waals surface area contributed by atoms with Crippen LogP contribution in [-0.4, -0.2) is 19.5 Å². The van der Waals surface area contributed by atoms with E-state index in [-0.39, 0.29) is 0 Å². The van der Waals surface area contributed by atoms with Gasteiger partial charge in [0.2, 0.25) is 0 Å². The molecule has 1 unspecified atom stereocenters. The van der Waals surface area contributed by atoms with E-state index in [0.29, 0.717) is 6.54 Å². The lowest BCUT2D eigenvalue weighted by Gasteiger charge is -2.13. The molecule has 0 rings (SSSR count). The second kappa shape index (κ2) is 7.96. The van der Waals surface area contributed by atoms with E-state index < -0.39 is 8.30 Å². The second-order valence-electron chi connectivity index (χ2n) is 2.42. The summed E-state index contributed by atoms with van der Waals surface area (Å²) in [5, 5.41) is 2.95. The van der Waals surface area contributed by atoms with Crippen LogP contribution in [0.15, 0.2) is 24.0 Å². The molecule has 0 aliphatic rings. The Balaban J connectivity index is 3.76. The average molecular weight is 201 g/mol. The van der Waals surface area contributed by atoms with E-state index in [2.05, 4.69) is 5.09 Å². The van der Waals surface area contributed by atoms with Crippen LogP contribution in [-0.2, 0) is 9.32 Å². The second-order valence-corrected chi connectivity index (χ2v) is 3.91. The smallest absolute Gasteiger partial charge is 0.157 e. The summed E-state index contributed by atoms with van der Waals surface area (Å²) in [6.07, 6.45) is 6.57. The first kappa shape index (κ1) is 12.3. The maximum atomic E-state index is 10.0. The van der Waals surface area contributed by atoms with Gasteiger partial charge in [0, 0.05) is 6.66 Å². The number of carbonyl (C=O) groups excluding carboxylic acids is 1. The standard InChI is InChI=1S/C9H16NO2P/c1-4-5-6-9(2)12-13(3)10-7-8-11/h4-6,8,10H,7H2,1-3H3/b5-4-,9-6+. The third kappa shape index (κ3) is 7.69. The zero-order valence-corrected chi connectivity index (χ0v) is 9.17. The van der Waals surface area contributed by atoms with Gasteiger partial charge in [-0.3, -0.25) is 5.09 Å². The van der Waals surface area contributed by atoms with Gasteiger partial charge in [-0.05, 0) is 19.9 Å². The van der Waals surface area contributed by atoms with Crippen LogP contribution >= 0.6 is 8.30 Å². The van der Waals surface area contributed by atoms with E-state index in [1.54, 1.807) is 0 Å². The fourth-order valence-electron chi connectivity index (χ4n) is 0.676. The van der Waals surface area contributed by atoms with Gasteiger partial charge >= 0.3 is 0 Å². The maximum Gasteiger partial charge on any atom is 0.157 e. The molecule has 0 saturated carbocycles. The topological polar surface area (TPSA) is 38.3 Å². The molecule has 0 bridgehead atoms. The predicted molar refractivity (Wildman–Crippen MR) is 56.6 cm³/mol. The number of rotatable bonds is 6. The van der Waals surface area contributed by atoms with Crippen LogP contribution in [0.25, 0.3) is 0 Å². The van der Waals surface area contributed by atoms with Crippen LogP contribution in [0.4, 0.5) is 0 Å². The average Bonchev–Trinajstić information content (AvgIpc) is 2.11. The van der Waals surface area contributed by atoms with Crippen LogP contribution < -0.4 is 5.09 Å². The van der Waals surface area contributed by atoms with E-state index in [4.69, 9.17) is 4.52 Å². The van der Waals surface area contributed by atoms with Gasteiger partial charge in [-0.25, -0.2) is 0 Å². The van der Waals surface area contributed by atoms with E-state index in [1.165, 1.54) is 0 Å². The van der Waals surface area contributed by atoms with Crippen LogP contribution in [0.2, 0.25) is 0 Å². The monoisotopic (exact) mass is 201 g/mol. The van der Waals surface area contributed by atoms with Crippen molar-refractivity contribution in [2.75, 3.05) is 13.2 Å². The lowest BCUT2D eigenvalue weighted by atomic mass is 10.4. The highest BCUT2D eigenvalue weighted by Crippen LogP contribution is 2.29. The van der Waals surface area contributed by atoms with Crippen molar-refractivity contribution in [1.82, 2.24) is 5.09 Å². The van der Waals surface area contributed by atoms with Gasteiger partial charge in [0.05, 0.1) is 12.3 Å². The van der Waals surface area contributed by atoms with Crippen LogP contribution in [0.1, 0.15) is 13.8 Å². The quantitative estimate of drug-likeness (QED) is 0.310. The van der Waals surface area contributed by atoms with Gasteiger partial charge in [0.25, 0.3) is 0 Å². The summed E-state index contributed by atoms with van der Waals surface area (Å²) >= 11 is 0. The molecule has 0 aromatic heterocycles. The Hall–Kier alpha value is -0.660. The van der Waals surface area contributed by atoms with Gasteiger partial charge in [-0.1, -0.05) is 12.2 Å². The molecule has 0 aromatic carbocycles. The lowest BCUT2D eigenvalue weighted by molar-refractivity contribution is -0.106. The van der Waals surface area contributed by atoms with Crippen molar-refractivity contribution < 1.29 is 9.32 Å². The molecule has 0 fully saturated rings. The van der Waals surface area contributed by atoms with Crippen molar-refractivity contribution in [2.45, 2.75) is 13.8 Å². The zero-order chi connectivity index (χ0) is 10.1. The molecular formula is C9H16NO2P. The molecule has 0 aliphatic heterocycles. The summed E-state index contributed by atoms with van der Waals surface area (Å²) in [5.74, 6) is 0.852. The van der Waals surface area contributed by atoms with Crippen molar-refractivity contribution in [1.29, 1.82) is 0 Å². The Morgan fingerprint density at radius 2 is 2.31 bits per heavy atom. The number of nitrogens with one attached hydrogen (secondary N) is 1. The minimum absolute atomic E-state index is 0.346. The summed E-state index contributed by atoms with van der Waals surface area (Å²) in [6, 6.07) is 0. The largest absolute Gasteiger partial charge is 0.463 e. The van der Waals surface area contributed by atoms with Crippen molar-refractivity contribution in [3.8, 4) is 0 Å². The van der Waals surface area contributed by atoms with Gasteiger partial charge < -0.3 is 9.32 Å². The lowest BCUT2D eigenvalue weighted by Crippen LogP contribution is -2.10. The normalized spacial score (nSPS) is 14.5. The van der Waals surface area contributed by atoms with Crippen LogP contribution in [0.5, 0.6) is 0 Å². The van der Waals surface area contributed by atoms with Gasteiger partial charge in [-0.15, -0.1) is 0 Å². The van der Waals surface area contributed by atoms with Crippen molar-refractivity contribution in [3.63, 3.8) is 0 Å². The maximum absolute atomic E-state index is 10.0. The van der Waals surface area contributed by atoms with Crippen molar-refractivity contribution >= 4 is 14.6 Å². The fraction of sp³-hybridized carbons (Fsp3) is 0.444. The first-order chi connectivity index (χ1) is 6.20. The van der Waals surface area contributed by atoms with Gasteiger partial charge in [0.15, 0.2) is 8.30 Å². The minimum atomic E-state index is -0.726. The first-order valence-corrected chi connectivity index (χ1v) is 5.79. The SMILES string of the molecule is C/C=C\C=C(/C)OP(C)NCC=O. The molecular weight excluding hydrogens is 185 g/mol. The predicted octanol–water partition coefficient (Wildman–Crippen LogP) is 2.21.